The van der Waals surface area contributed by atoms with Gasteiger partial charge in [-0.3, -0.25) is 9.59 Å². The average molecular weight is 451 g/mol. The number of carbonyl (C=O) groups is 3. The van der Waals surface area contributed by atoms with E-state index >= 15 is 0 Å². The molecule has 0 radical (unpaired) electrons. The number of carbonyl (C=O) groups excluding carboxylic acids is 3. The number of phenols is 1. The number of ether oxygens (including phenoxy) is 1. The molecule has 2 rings (SSSR count). The number of aromatic hydroxyl groups is 1. The van der Waals surface area contributed by atoms with Crippen molar-refractivity contribution in [2.24, 2.45) is 0 Å². The van der Waals surface area contributed by atoms with Gasteiger partial charge in [-0.25, -0.2) is 4.79 Å². The van der Waals surface area contributed by atoms with E-state index in [1.165, 1.54) is 57.8 Å². The number of nitrogens with one attached hydrogen (secondary N) is 2. The maximum absolute atomic E-state index is 12.0. The zero-order valence-corrected chi connectivity index (χ0v) is 19.1. The van der Waals surface area contributed by atoms with Crippen LogP contribution in [0.2, 0.25) is 0 Å². The van der Waals surface area contributed by atoms with Gasteiger partial charge in [-0.05, 0) is 30.5 Å². The highest BCUT2D eigenvalue weighted by Gasteiger charge is 2.22. The lowest BCUT2D eigenvalue weighted by Crippen LogP contribution is -2.47. The van der Waals surface area contributed by atoms with Crippen molar-refractivity contribution in [3.8, 4) is 5.75 Å². The molecular weight excluding hydrogens is 412 g/mol. The molecule has 32 heavy (non-hydrogen) atoms. The standard InChI is InChI=1S/C18H26N2O6.C6H12/c1-26-18(25)15(11-13-6-5-7-14(22)10-13)20-17(24)12-19-16(23)8-3-2-4-9-21;1-2-4-6-5-3-1/h5-7,10,15,21-22H,2-4,8-9,11-12H2,1H3,(H,19,23)(H,20,24);1-6H2. The number of hydrogen-bond acceptors (Lipinski definition) is 6. The monoisotopic (exact) mass is 450 g/mol. The van der Waals surface area contributed by atoms with Crippen molar-refractivity contribution < 1.29 is 29.3 Å². The summed E-state index contributed by atoms with van der Waals surface area (Å²) in [5, 5.41) is 23.2. The van der Waals surface area contributed by atoms with Crippen LogP contribution in [0.3, 0.4) is 0 Å². The van der Waals surface area contributed by atoms with E-state index in [-0.39, 0.29) is 37.6 Å². The fourth-order valence-electron chi connectivity index (χ4n) is 3.40. The van der Waals surface area contributed by atoms with E-state index in [1.807, 2.05) is 0 Å². The molecule has 1 saturated carbocycles. The minimum absolute atomic E-state index is 0.0610. The lowest BCUT2D eigenvalue weighted by atomic mass is 10.0. The Hall–Kier alpha value is -2.61. The van der Waals surface area contributed by atoms with E-state index in [2.05, 4.69) is 10.6 Å². The zero-order chi connectivity index (χ0) is 23.6. The highest BCUT2D eigenvalue weighted by Crippen LogP contribution is 2.15. The predicted octanol–water partition coefficient (Wildman–Crippen LogP) is 2.60. The largest absolute Gasteiger partial charge is 0.508 e. The number of methoxy groups -OCH3 is 1. The summed E-state index contributed by atoms with van der Waals surface area (Å²) in [5.41, 5.74) is 0.661. The first-order valence-electron chi connectivity index (χ1n) is 11.5. The molecule has 8 nitrogen and oxygen atoms in total. The smallest absolute Gasteiger partial charge is 0.328 e. The Kier molecular flexibility index (Phi) is 14.6. The number of rotatable bonds is 11. The summed E-state index contributed by atoms with van der Waals surface area (Å²) >= 11 is 0. The van der Waals surface area contributed by atoms with Gasteiger partial charge in [0, 0.05) is 19.4 Å². The van der Waals surface area contributed by atoms with Crippen molar-refractivity contribution in [3.63, 3.8) is 0 Å². The zero-order valence-electron chi connectivity index (χ0n) is 19.1. The molecule has 8 heteroatoms. The second-order valence-electron chi connectivity index (χ2n) is 7.95. The van der Waals surface area contributed by atoms with Gasteiger partial charge in [-0.1, -0.05) is 57.1 Å². The van der Waals surface area contributed by atoms with Gasteiger partial charge in [0.15, 0.2) is 0 Å². The predicted molar refractivity (Wildman–Crippen MR) is 122 cm³/mol. The molecule has 1 aliphatic rings. The van der Waals surface area contributed by atoms with Crippen molar-refractivity contribution in [1.82, 2.24) is 10.6 Å². The van der Waals surface area contributed by atoms with Crippen LogP contribution in [0.5, 0.6) is 5.75 Å². The Bertz CT molecular complexity index is 679. The third-order valence-corrected chi connectivity index (χ3v) is 5.18. The quantitative estimate of drug-likeness (QED) is 0.303. The molecule has 2 amide bonds. The number of unbranched alkanes of at least 4 members (excludes halogenated alkanes) is 2. The lowest BCUT2D eigenvalue weighted by Gasteiger charge is -2.17. The van der Waals surface area contributed by atoms with E-state index in [0.717, 1.165) is 6.42 Å². The van der Waals surface area contributed by atoms with Crippen LogP contribution in [0, 0.1) is 0 Å². The van der Waals surface area contributed by atoms with Gasteiger partial charge in [0.05, 0.1) is 13.7 Å². The van der Waals surface area contributed by atoms with Gasteiger partial charge in [0.2, 0.25) is 11.8 Å². The summed E-state index contributed by atoms with van der Waals surface area (Å²) in [6.45, 7) is -0.148. The fourth-order valence-corrected chi connectivity index (χ4v) is 3.40. The van der Waals surface area contributed by atoms with Gasteiger partial charge in [-0.15, -0.1) is 0 Å². The average Bonchev–Trinajstić information content (AvgIpc) is 2.81. The number of aliphatic hydroxyl groups excluding tert-OH is 1. The molecule has 0 heterocycles. The normalized spacial score (nSPS) is 13.8. The highest BCUT2D eigenvalue weighted by atomic mass is 16.5. The number of esters is 1. The first-order chi connectivity index (χ1) is 15.5. The SMILES string of the molecule is C1CCCCC1.COC(=O)C(Cc1cccc(O)c1)NC(=O)CNC(=O)CCCCCO. The van der Waals surface area contributed by atoms with Crippen LogP contribution in [0.15, 0.2) is 24.3 Å². The number of amides is 2. The van der Waals surface area contributed by atoms with Crippen molar-refractivity contribution in [2.75, 3.05) is 20.3 Å². The molecule has 0 bridgehead atoms. The molecular formula is C24H38N2O6. The molecule has 0 saturated heterocycles. The Balaban J connectivity index is 0.000000730. The molecule has 0 aromatic heterocycles. The van der Waals surface area contributed by atoms with Crippen LogP contribution < -0.4 is 10.6 Å². The van der Waals surface area contributed by atoms with Crippen molar-refractivity contribution in [2.45, 2.75) is 76.7 Å². The lowest BCUT2D eigenvalue weighted by molar-refractivity contribution is -0.145. The van der Waals surface area contributed by atoms with Crippen LogP contribution in [-0.2, 0) is 25.5 Å². The Morgan fingerprint density at radius 1 is 1.00 bits per heavy atom. The topological polar surface area (TPSA) is 125 Å². The second kappa shape index (κ2) is 17.0. The van der Waals surface area contributed by atoms with Crippen LogP contribution >= 0.6 is 0 Å². The van der Waals surface area contributed by atoms with Crippen LogP contribution in [0.1, 0.15) is 69.8 Å². The van der Waals surface area contributed by atoms with E-state index in [4.69, 9.17) is 9.84 Å². The molecule has 1 unspecified atom stereocenters. The molecule has 1 aliphatic carbocycles. The van der Waals surface area contributed by atoms with Gasteiger partial charge in [0.25, 0.3) is 0 Å². The summed E-state index contributed by atoms with van der Waals surface area (Å²) < 4.78 is 4.69. The van der Waals surface area contributed by atoms with E-state index < -0.39 is 17.9 Å². The minimum atomic E-state index is -0.921. The van der Waals surface area contributed by atoms with Gasteiger partial charge < -0.3 is 25.6 Å². The van der Waals surface area contributed by atoms with E-state index in [9.17, 15) is 19.5 Å². The number of aliphatic hydroxyl groups is 1. The van der Waals surface area contributed by atoms with Gasteiger partial charge >= 0.3 is 5.97 Å². The summed E-state index contributed by atoms with van der Waals surface area (Å²) in [6, 6.07) is 5.44. The molecule has 1 aromatic carbocycles. The summed E-state index contributed by atoms with van der Waals surface area (Å²) in [6.07, 6.45) is 11.4. The Morgan fingerprint density at radius 2 is 1.66 bits per heavy atom. The van der Waals surface area contributed by atoms with Gasteiger partial charge in [0.1, 0.15) is 11.8 Å². The summed E-state index contributed by atoms with van der Waals surface area (Å²) in [4.78, 5) is 35.5. The highest BCUT2D eigenvalue weighted by molar-refractivity contribution is 5.88. The number of benzene rings is 1. The third kappa shape index (κ3) is 12.9. The first kappa shape index (κ1) is 27.4. The van der Waals surface area contributed by atoms with Gasteiger partial charge in [-0.2, -0.15) is 0 Å². The van der Waals surface area contributed by atoms with E-state index in [1.54, 1.807) is 12.1 Å². The van der Waals surface area contributed by atoms with Crippen molar-refractivity contribution in [1.29, 1.82) is 0 Å². The fraction of sp³-hybridized carbons (Fsp3) is 0.625. The molecule has 1 aromatic rings. The van der Waals surface area contributed by atoms with Crippen LogP contribution in [0.4, 0.5) is 0 Å². The first-order valence-corrected chi connectivity index (χ1v) is 11.5. The number of hydrogen-bond donors (Lipinski definition) is 4. The maximum Gasteiger partial charge on any atom is 0.328 e. The second-order valence-corrected chi connectivity index (χ2v) is 7.95. The van der Waals surface area contributed by atoms with Crippen LogP contribution in [-0.4, -0.2) is 54.3 Å². The third-order valence-electron chi connectivity index (χ3n) is 5.18. The Labute approximate surface area is 190 Å². The molecule has 1 atom stereocenters. The Morgan fingerprint density at radius 3 is 2.22 bits per heavy atom. The van der Waals surface area contributed by atoms with Crippen LogP contribution in [0.25, 0.3) is 0 Å². The number of phenolic OH excluding ortho intramolecular Hbond substituents is 1. The van der Waals surface area contributed by atoms with Crippen molar-refractivity contribution in [3.05, 3.63) is 29.8 Å². The molecule has 180 valence electrons. The molecule has 0 aliphatic heterocycles. The van der Waals surface area contributed by atoms with Crippen molar-refractivity contribution >= 4 is 17.8 Å². The summed E-state index contributed by atoms with van der Waals surface area (Å²) in [5.74, 6) is -1.33. The van der Waals surface area contributed by atoms with E-state index in [0.29, 0.717) is 18.4 Å². The maximum atomic E-state index is 12.0. The molecule has 0 spiro atoms. The molecule has 1 fully saturated rings. The summed E-state index contributed by atoms with van der Waals surface area (Å²) in [7, 11) is 1.22. The minimum Gasteiger partial charge on any atom is -0.508 e. The molecule has 4 N–H and O–H groups in total.